The summed E-state index contributed by atoms with van der Waals surface area (Å²) < 4.78 is 4.61. The average molecular weight is 359 g/mol. The minimum absolute atomic E-state index is 0. The predicted octanol–water partition coefficient (Wildman–Crippen LogP) is 1.63. The molecule has 0 aliphatic rings. The Labute approximate surface area is 127 Å². The molecule has 0 aromatic carbocycles. The summed E-state index contributed by atoms with van der Waals surface area (Å²) >= 11 is 0. The van der Waals surface area contributed by atoms with E-state index in [-0.39, 0.29) is 25.0 Å². The number of carbonyl (C=O) groups excluding carboxylic acids is 1. The maximum Gasteiger partial charge on any atom is 0.337 e. The van der Waals surface area contributed by atoms with Gasteiger partial charge in [0.05, 0.1) is 29.6 Å². The maximum absolute atomic E-state index is 11.4. The fraction of sp³-hybridized carbons (Fsp3) is 0.0769. The van der Waals surface area contributed by atoms with Gasteiger partial charge in [-0.2, -0.15) is 0 Å². The molecule has 20 heavy (non-hydrogen) atoms. The molecule has 6 nitrogen and oxygen atoms in total. The second-order valence-corrected chi connectivity index (χ2v) is 3.66. The molecule has 7 heteroatoms. The predicted molar refractivity (Wildman–Crippen MR) is 65.8 cm³/mol. The third-order valence-electron chi connectivity index (χ3n) is 2.45. The van der Waals surface area contributed by atoms with E-state index in [1.54, 1.807) is 0 Å². The van der Waals surface area contributed by atoms with Crippen LogP contribution >= 0.6 is 0 Å². The van der Waals surface area contributed by atoms with Gasteiger partial charge in [-0.25, -0.2) is 9.59 Å². The van der Waals surface area contributed by atoms with Crippen molar-refractivity contribution in [2.24, 2.45) is 0 Å². The summed E-state index contributed by atoms with van der Waals surface area (Å²) in [6.07, 6.45) is 2.82. The Morgan fingerprint density at radius 1 is 1.05 bits per heavy atom. The number of aromatic nitrogens is 2. The van der Waals surface area contributed by atoms with Crippen molar-refractivity contribution in [3.63, 3.8) is 0 Å². The van der Waals surface area contributed by atoms with Crippen molar-refractivity contribution in [3.8, 4) is 11.4 Å². The summed E-state index contributed by atoms with van der Waals surface area (Å²) in [5, 5.41) is 8.91. The number of carbonyl (C=O) groups is 2. The van der Waals surface area contributed by atoms with Gasteiger partial charge >= 0.3 is 11.9 Å². The van der Waals surface area contributed by atoms with E-state index < -0.39 is 11.9 Å². The molecule has 0 atom stereocenters. The van der Waals surface area contributed by atoms with Crippen LogP contribution < -0.4 is 0 Å². The van der Waals surface area contributed by atoms with Gasteiger partial charge in [-0.15, -0.1) is 0 Å². The van der Waals surface area contributed by atoms with E-state index in [0.29, 0.717) is 17.0 Å². The SMILES string of the molecule is COC(=O)c1ccnc(-c2cc(C(=O)O)ccn2)c1.[Ru]. The Bertz CT molecular complexity index is 646. The first-order valence-corrected chi connectivity index (χ1v) is 5.36. The first kappa shape index (κ1) is 15.9. The number of carboxylic acids is 1. The Balaban J connectivity index is 0.00000200. The van der Waals surface area contributed by atoms with Gasteiger partial charge in [0, 0.05) is 31.9 Å². The van der Waals surface area contributed by atoms with Gasteiger partial charge in [0.15, 0.2) is 0 Å². The van der Waals surface area contributed by atoms with Crippen molar-refractivity contribution >= 4 is 11.9 Å². The molecule has 0 bridgehead atoms. The standard InChI is InChI=1S/C13H10N2O4.Ru/c1-19-13(18)9-3-5-15-11(7-9)10-6-8(12(16)17)2-4-14-10;/h2-7H,1H3,(H,16,17);. The van der Waals surface area contributed by atoms with Gasteiger partial charge in [-0.1, -0.05) is 0 Å². The molecule has 0 saturated carbocycles. The van der Waals surface area contributed by atoms with E-state index in [1.165, 1.54) is 43.8 Å². The number of carboxylic acid groups (broad SMARTS) is 1. The number of esters is 1. The van der Waals surface area contributed by atoms with Gasteiger partial charge in [0.1, 0.15) is 0 Å². The summed E-state index contributed by atoms with van der Waals surface area (Å²) in [6, 6.07) is 5.79. The summed E-state index contributed by atoms with van der Waals surface area (Å²) in [5.74, 6) is -1.54. The van der Waals surface area contributed by atoms with E-state index in [1.807, 2.05) is 0 Å². The van der Waals surface area contributed by atoms with Crippen LogP contribution in [0, 0.1) is 0 Å². The molecule has 104 valence electrons. The number of ether oxygens (including phenoxy) is 1. The van der Waals surface area contributed by atoms with E-state index in [4.69, 9.17) is 5.11 Å². The maximum atomic E-state index is 11.4. The van der Waals surface area contributed by atoms with E-state index in [2.05, 4.69) is 14.7 Å². The Morgan fingerprint density at radius 2 is 1.55 bits per heavy atom. The third-order valence-corrected chi connectivity index (χ3v) is 2.45. The van der Waals surface area contributed by atoms with Crippen LogP contribution in [-0.4, -0.2) is 34.1 Å². The molecule has 0 aliphatic heterocycles. The van der Waals surface area contributed by atoms with Gasteiger partial charge in [0.2, 0.25) is 0 Å². The summed E-state index contributed by atoms with van der Waals surface area (Å²) in [7, 11) is 1.28. The van der Waals surface area contributed by atoms with Crippen LogP contribution in [0.15, 0.2) is 36.7 Å². The zero-order valence-corrected chi connectivity index (χ0v) is 12.1. The van der Waals surface area contributed by atoms with Crippen LogP contribution in [0.25, 0.3) is 11.4 Å². The molecule has 0 aliphatic carbocycles. The number of hydrogen-bond donors (Lipinski definition) is 1. The van der Waals surface area contributed by atoms with Crippen LogP contribution in [0.2, 0.25) is 0 Å². The first-order valence-electron chi connectivity index (χ1n) is 5.36. The number of pyridine rings is 2. The first-order chi connectivity index (χ1) is 9.11. The minimum atomic E-state index is -1.05. The monoisotopic (exact) mass is 360 g/mol. The van der Waals surface area contributed by atoms with Crippen LogP contribution in [-0.2, 0) is 24.2 Å². The van der Waals surface area contributed by atoms with Crippen molar-refractivity contribution in [3.05, 3.63) is 47.8 Å². The summed E-state index contributed by atoms with van der Waals surface area (Å²) in [5.41, 5.74) is 1.22. The minimum Gasteiger partial charge on any atom is -0.478 e. The molecule has 0 unspecified atom stereocenters. The number of nitrogens with zero attached hydrogens (tertiary/aromatic N) is 2. The normalized spacial score (nSPS) is 9.45. The second kappa shape index (κ2) is 6.86. The van der Waals surface area contributed by atoms with Crippen LogP contribution in [0.5, 0.6) is 0 Å². The largest absolute Gasteiger partial charge is 0.478 e. The summed E-state index contributed by atoms with van der Waals surface area (Å²) in [6.45, 7) is 0. The molecular weight excluding hydrogens is 349 g/mol. The van der Waals surface area contributed by atoms with Crippen LogP contribution in [0.3, 0.4) is 0 Å². The van der Waals surface area contributed by atoms with Crippen molar-refractivity contribution in [2.45, 2.75) is 0 Å². The fourth-order valence-corrected chi connectivity index (χ4v) is 1.52. The zero-order chi connectivity index (χ0) is 13.8. The Kier molecular flexibility index (Phi) is 5.46. The van der Waals surface area contributed by atoms with Gasteiger partial charge in [-0.05, 0) is 24.3 Å². The van der Waals surface area contributed by atoms with Crippen LogP contribution in [0.4, 0.5) is 0 Å². The second-order valence-electron chi connectivity index (χ2n) is 3.66. The topological polar surface area (TPSA) is 89.4 Å². The third kappa shape index (κ3) is 3.45. The smallest absolute Gasteiger partial charge is 0.337 e. The van der Waals surface area contributed by atoms with Crippen molar-refractivity contribution in [1.29, 1.82) is 0 Å². The number of rotatable bonds is 3. The molecule has 0 amide bonds. The molecule has 0 fully saturated rings. The fourth-order valence-electron chi connectivity index (χ4n) is 1.52. The molecular formula is C13H10N2O4Ru. The Morgan fingerprint density at radius 3 is 2.05 bits per heavy atom. The molecule has 2 aromatic heterocycles. The Hall–Kier alpha value is -2.14. The van der Waals surface area contributed by atoms with Crippen molar-refractivity contribution in [2.75, 3.05) is 7.11 Å². The molecule has 2 aromatic rings. The van der Waals surface area contributed by atoms with E-state index in [0.717, 1.165) is 0 Å². The molecule has 0 saturated heterocycles. The quantitative estimate of drug-likeness (QED) is 0.662. The van der Waals surface area contributed by atoms with Gasteiger partial charge in [-0.3, -0.25) is 9.97 Å². The number of methoxy groups -OCH3 is 1. The van der Waals surface area contributed by atoms with Gasteiger partial charge < -0.3 is 9.84 Å². The molecule has 0 spiro atoms. The van der Waals surface area contributed by atoms with E-state index in [9.17, 15) is 9.59 Å². The molecule has 0 radical (unpaired) electrons. The van der Waals surface area contributed by atoms with Crippen molar-refractivity contribution in [1.82, 2.24) is 9.97 Å². The van der Waals surface area contributed by atoms with Gasteiger partial charge in [0.25, 0.3) is 0 Å². The van der Waals surface area contributed by atoms with Crippen LogP contribution in [0.1, 0.15) is 20.7 Å². The zero-order valence-electron chi connectivity index (χ0n) is 10.4. The summed E-state index contributed by atoms with van der Waals surface area (Å²) in [4.78, 5) is 30.4. The molecule has 2 heterocycles. The average Bonchev–Trinajstić information content (AvgIpc) is 2.46. The number of hydrogen-bond acceptors (Lipinski definition) is 5. The molecule has 1 N–H and O–H groups in total. The van der Waals surface area contributed by atoms with E-state index >= 15 is 0 Å². The molecule has 2 rings (SSSR count). The number of aromatic carboxylic acids is 1. The van der Waals surface area contributed by atoms with Crippen molar-refractivity contribution < 1.29 is 38.9 Å².